The molecular formula is C15H17Cl2N3O3S. The average Bonchev–Trinajstić information content (AvgIpc) is 3.06. The van der Waals surface area contributed by atoms with Crippen LogP contribution in [0.15, 0.2) is 18.5 Å². The Hall–Kier alpha value is -1.57. The molecular weight excluding hydrogens is 373 g/mol. The van der Waals surface area contributed by atoms with E-state index < -0.39 is 11.5 Å². The maximum absolute atomic E-state index is 12.0. The van der Waals surface area contributed by atoms with E-state index in [9.17, 15) is 9.59 Å². The Kier molecular flexibility index (Phi) is 5.90. The van der Waals surface area contributed by atoms with Crippen molar-refractivity contribution in [2.24, 2.45) is 0 Å². The Morgan fingerprint density at radius 3 is 2.71 bits per heavy atom. The number of halogens is 2. The SMILES string of the molecule is CC(C)(C(=O)O)n1cc(NC(=O)CCCc2cc(Cl)sc2Cl)cn1. The number of anilines is 1. The number of thiophene rings is 1. The highest BCUT2D eigenvalue weighted by molar-refractivity contribution is 7.20. The summed E-state index contributed by atoms with van der Waals surface area (Å²) in [5.41, 5.74) is 0.222. The van der Waals surface area contributed by atoms with Gasteiger partial charge in [-0.15, -0.1) is 11.3 Å². The molecule has 2 aromatic heterocycles. The number of carboxylic acid groups (broad SMARTS) is 1. The molecule has 0 aromatic carbocycles. The van der Waals surface area contributed by atoms with Crippen LogP contribution in [-0.2, 0) is 21.5 Å². The van der Waals surface area contributed by atoms with Gasteiger partial charge in [0.1, 0.15) is 0 Å². The van der Waals surface area contributed by atoms with Gasteiger partial charge in [-0.3, -0.25) is 9.48 Å². The van der Waals surface area contributed by atoms with Crippen LogP contribution in [0.4, 0.5) is 5.69 Å². The Balaban J connectivity index is 1.86. The number of aliphatic carboxylic acids is 1. The molecule has 0 unspecified atom stereocenters. The second kappa shape index (κ2) is 7.55. The van der Waals surface area contributed by atoms with Crippen molar-refractivity contribution in [1.82, 2.24) is 9.78 Å². The molecule has 0 saturated heterocycles. The first-order chi connectivity index (χ1) is 11.2. The first-order valence-electron chi connectivity index (χ1n) is 7.22. The predicted octanol–water partition coefficient (Wildman–Crippen LogP) is 4.03. The highest BCUT2D eigenvalue weighted by Crippen LogP contribution is 2.32. The molecule has 2 aromatic rings. The average molecular weight is 390 g/mol. The molecule has 0 aliphatic rings. The fourth-order valence-corrected chi connectivity index (χ4v) is 3.54. The van der Waals surface area contributed by atoms with E-state index in [1.165, 1.54) is 42.3 Å². The lowest BCUT2D eigenvalue weighted by Gasteiger charge is -2.19. The molecule has 1 amide bonds. The highest BCUT2D eigenvalue weighted by Gasteiger charge is 2.30. The molecule has 0 bridgehead atoms. The Morgan fingerprint density at radius 2 is 2.12 bits per heavy atom. The molecule has 0 spiro atoms. The third-order valence-corrected chi connectivity index (χ3v) is 5.11. The van der Waals surface area contributed by atoms with Crippen LogP contribution < -0.4 is 5.32 Å². The number of rotatable bonds is 7. The van der Waals surface area contributed by atoms with Gasteiger partial charge in [-0.2, -0.15) is 5.10 Å². The molecule has 0 saturated carbocycles. The summed E-state index contributed by atoms with van der Waals surface area (Å²) in [5.74, 6) is -1.17. The van der Waals surface area contributed by atoms with E-state index in [-0.39, 0.29) is 5.91 Å². The van der Waals surface area contributed by atoms with Gasteiger partial charge in [0.2, 0.25) is 5.91 Å². The Morgan fingerprint density at radius 1 is 1.42 bits per heavy atom. The molecule has 2 N–H and O–H groups in total. The third kappa shape index (κ3) is 4.49. The summed E-state index contributed by atoms with van der Waals surface area (Å²) in [5, 5.41) is 15.9. The topological polar surface area (TPSA) is 84.2 Å². The second-order valence-electron chi connectivity index (χ2n) is 5.79. The molecule has 24 heavy (non-hydrogen) atoms. The first-order valence-corrected chi connectivity index (χ1v) is 8.79. The lowest BCUT2D eigenvalue weighted by molar-refractivity contribution is -0.146. The van der Waals surface area contributed by atoms with E-state index >= 15 is 0 Å². The molecule has 2 rings (SSSR count). The van der Waals surface area contributed by atoms with Crippen LogP contribution in [0.1, 0.15) is 32.3 Å². The zero-order chi connectivity index (χ0) is 17.9. The van der Waals surface area contributed by atoms with E-state index in [0.717, 1.165) is 5.56 Å². The Bertz CT molecular complexity index is 755. The lowest BCUT2D eigenvalue weighted by atomic mass is 10.1. The van der Waals surface area contributed by atoms with Crippen molar-refractivity contribution in [2.45, 2.75) is 38.6 Å². The minimum atomic E-state index is -1.18. The lowest BCUT2D eigenvalue weighted by Crippen LogP contribution is -2.35. The van der Waals surface area contributed by atoms with E-state index in [1.54, 1.807) is 0 Å². The third-order valence-electron chi connectivity index (χ3n) is 3.54. The largest absolute Gasteiger partial charge is 0.479 e. The predicted molar refractivity (Wildman–Crippen MR) is 95.1 cm³/mol. The number of hydrogen-bond donors (Lipinski definition) is 2. The van der Waals surface area contributed by atoms with E-state index in [2.05, 4.69) is 10.4 Å². The number of carbonyl (C=O) groups excluding carboxylic acids is 1. The van der Waals surface area contributed by atoms with Crippen molar-refractivity contribution in [3.8, 4) is 0 Å². The summed E-state index contributed by atoms with van der Waals surface area (Å²) >= 11 is 13.2. The van der Waals surface area contributed by atoms with E-state index in [1.807, 2.05) is 6.07 Å². The van der Waals surface area contributed by atoms with Crippen molar-refractivity contribution in [3.05, 3.63) is 32.7 Å². The molecule has 2 heterocycles. The maximum Gasteiger partial charge on any atom is 0.331 e. The van der Waals surface area contributed by atoms with Crippen LogP contribution in [0.2, 0.25) is 8.67 Å². The number of amides is 1. The van der Waals surface area contributed by atoms with Gasteiger partial charge in [0, 0.05) is 12.6 Å². The fraction of sp³-hybridized carbons (Fsp3) is 0.400. The maximum atomic E-state index is 12.0. The van der Waals surface area contributed by atoms with Gasteiger partial charge >= 0.3 is 5.97 Å². The van der Waals surface area contributed by atoms with Crippen molar-refractivity contribution >= 4 is 52.1 Å². The zero-order valence-corrected chi connectivity index (χ0v) is 15.5. The van der Waals surface area contributed by atoms with Crippen molar-refractivity contribution < 1.29 is 14.7 Å². The van der Waals surface area contributed by atoms with Gasteiger partial charge < -0.3 is 10.4 Å². The summed E-state index contributed by atoms with van der Waals surface area (Å²) in [6, 6.07) is 1.81. The number of nitrogens with zero attached hydrogens (tertiary/aromatic N) is 2. The van der Waals surface area contributed by atoms with Crippen LogP contribution in [0.3, 0.4) is 0 Å². The summed E-state index contributed by atoms with van der Waals surface area (Å²) in [7, 11) is 0. The standard InChI is InChI=1S/C15H17Cl2N3O3S/c1-15(2,14(22)23)20-8-10(7-18-20)19-12(21)5-3-4-9-6-11(16)24-13(9)17/h6-8H,3-5H2,1-2H3,(H,19,21)(H,22,23). The highest BCUT2D eigenvalue weighted by atomic mass is 35.5. The molecule has 9 heteroatoms. The monoisotopic (exact) mass is 389 g/mol. The van der Waals surface area contributed by atoms with E-state index in [4.69, 9.17) is 28.3 Å². The molecule has 0 fully saturated rings. The van der Waals surface area contributed by atoms with Crippen LogP contribution in [-0.4, -0.2) is 26.8 Å². The second-order valence-corrected chi connectivity index (χ2v) is 8.07. The Labute approximate surface area is 153 Å². The summed E-state index contributed by atoms with van der Waals surface area (Å²) in [6.07, 6.45) is 4.55. The van der Waals surface area contributed by atoms with Crippen LogP contribution in [0.25, 0.3) is 0 Å². The van der Waals surface area contributed by atoms with Gasteiger partial charge in [-0.1, -0.05) is 23.2 Å². The van der Waals surface area contributed by atoms with Gasteiger partial charge in [0.05, 0.1) is 20.6 Å². The minimum Gasteiger partial charge on any atom is -0.479 e. The smallest absolute Gasteiger partial charge is 0.331 e. The number of aromatic nitrogens is 2. The first kappa shape index (κ1) is 18.8. The van der Waals surface area contributed by atoms with Crippen molar-refractivity contribution in [1.29, 1.82) is 0 Å². The fourth-order valence-electron chi connectivity index (χ4n) is 2.00. The quantitative estimate of drug-likeness (QED) is 0.748. The summed E-state index contributed by atoms with van der Waals surface area (Å²) in [4.78, 5) is 23.2. The van der Waals surface area contributed by atoms with Gasteiger partial charge in [0.25, 0.3) is 0 Å². The van der Waals surface area contributed by atoms with Crippen molar-refractivity contribution in [2.75, 3.05) is 5.32 Å². The normalized spacial score (nSPS) is 11.5. The molecule has 0 radical (unpaired) electrons. The number of aryl methyl sites for hydroxylation is 1. The van der Waals surface area contributed by atoms with Crippen LogP contribution in [0, 0.1) is 0 Å². The van der Waals surface area contributed by atoms with Crippen molar-refractivity contribution in [3.63, 3.8) is 0 Å². The van der Waals surface area contributed by atoms with Gasteiger partial charge in [0.15, 0.2) is 5.54 Å². The number of nitrogens with one attached hydrogen (secondary N) is 1. The summed E-state index contributed by atoms with van der Waals surface area (Å²) in [6.45, 7) is 3.06. The molecule has 130 valence electrons. The number of carboxylic acids is 1. The van der Waals surface area contributed by atoms with Crippen LogP contribution in [0.5, 0.6) is 0 Å². The van der Waals surface area contributed by atoms with E-state index in [0.29, 0.717) is 33.6 Å². The zero-order valence-electron chi connectivity index (χ0n) is 13.2. The van der Waals surface area contributed by atoms with Gasteiger partial charge in [-0.25, -0.2) is 4.79 Å². The van der Waals surface area contributed by atoms with Gasteiger partial charge in [-0.05, 0) is 38.3 Å². The number of hydrogen-bond acceptors (Lipinski definition) is 4. The van der Waals surface area contributed by atoms with Crippen LogP contribution >= 0.6 is 34.5 Å². The molecule has 0 atom stereocenters. The molecule has 0 aliphatic heterocycles. The molecule has 6 nitrogen and oxygen atoms in total. The summed E-state index contributed by atoms with van der Waals surface area (Å²) < 4.78 is 2.59. The minimum absolute atomic E-state index is 0.167. The molecule has 0 aliphatic carbocycles. The number of carbonyl (C=O) groups is 2.